The number of hydrogen-bond acceptors (Lipinski definition) is 4. The van der Waals surface area contributed by atoms with Crippen LogP contribution in [0.15, 0.2) is 48.5 Å². The van der Waals surface area contributed by atoms with Crippen molar-refractivity contribution in [3.05, 3.63) is 54.1 Å². The van der Waals surface area contributed by atoms with Gasteiger partial charge in [0.1, 0.15) is 11.5 Å². The SMILES string of the molecule is COc1ccc(CNCC(=O)Nc2cccc(OC(C)C)c2)cc1. The lowest BCUT2D eigenvalue weighted by molar-refractivity contribution is -0.115. The smallest absolute Gasteiger partial charge is 0.238 e. The first-order valence-corrected chi connectivity index (χ1v) is 7.97. The van der Waals surface area contributed by atoms with Crippen molar-refractivity contribution in [3.8, 4) is 11.5 Å². The number of benzene rings is 2. The third-order valence-electron chi connectivity index (χ3n) is 3.26. The molecule has 0 aliphatic rings. The fourth-order valence-corrected chi connectivity index (χ4v) is 2.19. The van der Waals surface area contributed by atoms with E-state index >= 15 is 0 Å². The minimum Gasteiger partial charge on any atom is -0.497 e. The third-order valence-corrected chi connectivity index (χ3v) is 3.26. The highest BCUT2D eigenvalue weighted by atomic mass is 16.5. The van der Waals surface area contributed by atoms with E-state index in [1.54, 1.807) is 7.11 Å². The average molecular weight is 328 g/mol. The van der Waals surface area contributed by atoms with Crippen LogP contribution < -0.4 is 20.1 Å². The molecule has 128 valence electrons. The molecule has 2 aromatic rings. The van der Waals surface area contributed by atoms with Crippen LogP contribution in [0.4, 0.5) is 5.69 Å². The molecular formula is C19H24N2O3. The van der Waals surface area contributed by atoms with Gasteiger partial charge >= 0.3 is 0 Å². The molecule has 5 nitrogen and oxygen atoms in total. The zero-order valence-corrected chi connectivity index (χ0v) is 14.3. The van der Waals surface area contributed by atoms with Crippen molar-refractivity contribution in [2.75, 3.05) is 19.0 Å². The molecule has 0 fully saturated rings. The molecule has 0 aromatic heterocycles. The van der Waals surface area contributed by atoms with E-state index in [0.29, 0.717) is 6.54 Å². The van der Waals surface area contributed by atoms with Crippen molar-refractivity contribution in [2.45, 2.75) is 26.5 Å². The maximum absolute atomic E-state index is 12.0. The summed E-state index contributed by atoms with van der Waals surface area (Å²) in [5.74, 6) is 1.47. The summed E-state index contributed by atoms with van der Waals surface area (Å²) >= 11 is 0. The zero-order chi connectivity index (χ0) is 17.4. The molecule has 5 heteroatoms. The van der Waals surface area contributed by atoms with Gasteiger partial charge in [0.25, 0.3) is 0 Å². The van der Waals surface area contributed by atoms with Crippen LogP contribution in [-0.4, -0.2) is 25.7 Å². The topological polar surface area (TPSA) is 59.6 Å². The Labute approximate surface area is 143 Å². The fourth-order valence-electron chi connectivity index (χ4n) is 2.19. The number of hydrogen-bond donors (Lipinski definition) is 2. The highest BCUT2D eigenvalue weighted by Gasteiger charge is 2.04. The lowest BCUT2D eigenvalue weighted by atomic mass is 10.2. The van der Waals surface area contributed by atoms with E-state index in [1.807, 2.05) is 62.4 Å². The van der Waals surface area contributed by atoms with Gasteiger partial charge in [-0.25, -0.2) is 0 Å². The van der Waals surface area contributed by atoms with E-state index in [4.69, 9.17) is 9.47 Å². The largest absolute Gasteiger partial charge is 0.497 e. The van der Waals surface area contributed by atoms with Gasteiger partial charge in [0.15, 0.2) is 0 Å². The van der Waals surface area contributed by atoms with Crippen molar-refractivity contribution in [1.29, 1.82) is 0 Å². The Morgan fingerprint density at radius 1 is 1.08 bits per heavy atom. The quantitative estimate of drug-likeness (QED) is 0.781. The summed E-state index contributed by atoms with van der Waals surface area (Å²) in [6.45, 7) is 4.79. The second-order valence-electron chi connectivity index (χ2n) is 5.69. The summed E-state index contributed by atoms with van der Waals surface area (Å²) in [4.78, 5) is 12.0. The van der Waals surface area contributed by atoms with E-state index in [1.165, 1.54) is 0 Å². The summed E-state index contributed by atoms with van der Waals surface area (Å²) in [6.07, 6.45) is 0.0992. The number of carbonyl (C=O) groups excluding carboxylic acids is 1. The molecule has 0 saturated heterocycles. The number of anilines is 1. The molecule has 0 atom stereocenters. The molecule has 1 amide bonds. The first-order chi connectivity index (χ1) is 11.6. The van der Waals surface area contributed by atoms with E-state index in [-0.39, 0.29) is 18.6 Å². The summed E-state index contributed by atoms with van der Waals surface area (Å²) in [6, 6.07) is 15.1. The number of methoxy groups -OCH3 is 1. The first kappa shape index (κ1) is 17.8. The Morgan fingerprint density at radius 2 is 1.83 bits per heavy atom. The van der Waals surface area contributed by atoms with Gasteiger partial charge in [0.2, 0.25) is 5.91 Å². The average Bonchev–Trinajstić information content (AvgIpc) is 2.55. The molecule has 0 unspecified atom stereocenters. The van der Waals surface area contributed by atoms with E-state index < -0.39 is 0 Å². The lowest BCUT2D eigenvalue weighted by Gasteiger charge is -2.12. The molecule has 0 aliphatic heterocycles. The Balaban J connectivity index is 1.78. The summed E-state index contributed by atoms with van der Waals surface area (Å²) in [5, 5.41) is 5.98. The molecule has 0 saturated carbocycles. The lowest BCUT2D eigenvalue weighted by Crippen LogP contribution is -2.27. The van der Waals surface area contributed by atoms with Gasteiger partial charge in [0, 0.05) is 18.3 Å². The van der Waals surface area contributed by atoms with Crippen LogP contribution in [0.3, 0.4) is 0 Å². The maximum atomic E-state index is 12.0. The maximum Gasteiger partial charge on any atom is 0.238 e. The van der Waals surface area contributed by atoms with Gasteiger partial charge in [-0.1, -0.05) is 18.2 Å². The van der Waals surface area contributed by atoms with Crippen LogP contribution >= 0.6 is 0 Å². The first-order valence-electron chi connectivity index (χ1n) is 7.97. The van der Waals surface area contributed by atoms with Crippen LogP contribution in [0.1, 0.15) is 19.4 Å². The summed E-state index contributed by atoms with van der Waals surface area (Å²) in [7, 11) is 1.64. The number of rotatable bonds is 8. The fraction of sp³-hybridized carbons (Fsp3) is 0.316. The van der Waals surface area contributed by atoms with Crippen molar-refractivity contribution < 1.29 is 14.3 Å². The molecule has 0 bridgehead atoms. The Bertz CT molecular complexity index is 654. The molecule has 0 aliphatic carbocycles. The van der Waals surface area contributed by atoms with Crippen molar-refractivity contribution in [2.24, 2.45) is 0 Å². The molecule has 2 aromatic carbocycles. The van der Waals surface area contributed by atoms with E-state index in [9.17, 15) is 4.79 Å². The van der Waals surface area contributed by atoms with Gasteiger partial charge in [0.05, 0.1) is 19.8 Å². The standard InChI is InChI=1S/C19H24N2O3/c1-14(2)24-18-6-4-5-16(11-18)21-19(22)13-20-12-15-7-9-17(23-3)10-8-15/h4-11,14,20H,12-13H2,1-3H3,(H,21,22). The van der Waals surface area contributed by atoms with Gasteiger partial charge in [-0.15, -0.1) is 0 Å². The molecule has 0 spiro atoms. The van der Waals surface area contributed by atoms with Crippen LogP contribution in [0.25, 0.3) is 0 Å². The van der Waals surface area contributed by atoms with Crippen molar-refractivity contribution in [3.63, 3.8) is 0 Å². The molecular weight excluding hydrogens is 304 g/mol. The minimum absolute atomic E-state index is 0.0924. The Hall–Kier alpha value is -2.53. The highest BCUT2D eigenvalue weighted by Crippen LogP contribution is 2.18. The Kier molecular flexibility index (Phi) is 6.63. The minimum atomic E-state index is -0.0924. The summed E-state index contributed by atoms with van der Waals surface area (Å²) in [5.41, 5.74) is 1.82. The second kappa shape index (κ2) is 8.93. The zero-order valence-electron chi connectivity index (χ0n) is 14.3. The van der Waals surface area contributed by atoms with Crippen LogP contribution in [-0.2, 0) is 11.3 Å². The van der Waals surface area contributed by atoms with Crippen LogP contribution in [0.5, 0.6) is 11.5 Å². The van der Waals surface area contributed by atoms with E-state index in [0.717, 1.165) is 22.7 Å². The van der Waals surface area contributed by atoms with Crippen LogP contribution in [0, 0.1) is 0 Å². The van der Waals surface area contributed by atoms with Gasteiger partial charge < -0.3 is 20.1 Å². The van der Waals surface area contributed by atoms with Crippen LogP contribution in [0.2, 0.25) is 0 Å². The molecule has 0 heterocycles. The van der Waals surface area contributed by atoms with Gasteiger partial charge in [-0.05, 0) is 43.7 Å². The van der Waals surface area contributed by atoms with Gasteiger partial charge in [-0.3, -0.25) is 4.79 Å². The molecule has 2 rings (SSSR count). The number of amides is 1. The monoisotopic (exact) mass is 328 g/mol. The number of ether oxygens (including phenoxy) is 2. The van der Waals surface area contributed by atoms with Crippen molar-refractivity contribution >= 4 is 11.6 Å². The number of carbonyl (C=O) groups is 1. The van der Waals surface area contributed by atoms with Gasteiger partial charge in [-0.2, -0.15) is 0 Å². The molecule has 24 heavy (non-hydrogen) atoms. The normalized spacial score (nSPS) is 10.5. The summed E-state index contributed by atoms with van der Waals surface area (Å²) < 4.78 is 10.7. The van der Waals surface area contributed by atoms with E-state index in [2.05, 4.69) is 10.6 Å². The third kappa shape index (κ3) is 5.93. The predicted octanol–water partition coefficient (Wildman–Crippen LogP) is 3.21. The second-order valence-corrected chi connectivity index (χ2v) is 5.69. The van der Waals surface area contributed by atoms with Crippen molar-refractivity contribution in [1.82, 2.24) is 5.32 Å². The Morgan fingerprint density at radius 3 is 2.50 bits per heavy atom. The molecule has 2 N–H and O–H groups in total. The number of nitrogens with one attached hydrogen (secondary N) is 2. The predicted molar refractivity (Wildman–Crippen MR) is 95.5 cm³/mol. The molecule has 0 radical (unpaired) electrons. The highest BCUT2D eigenvalue weighted by molar-refractivity contribution is 5.92.